The maximum Gasteiger partial charge on any atom is 0.254 e. The summed E-state index contributed by atoms with van der Waals surface area (Å²) in [5.74, 6) is -0.109. The standard InChI is InChI=1S/C16H19N3OS2/c1-11(19-7-4-14-12(10-19)5-8-22-14)9-18-15(20)13-3-2-6-17-16(13)21/h2-3,5-6,8,11H,4,7,9-10H2,1H3,(H,17,21)(H,18,20)/t11-/m1/s1. The number of thiophene rings is 1. The van der Waals surface area contributed by atoms with Crippen molar-refractivity contribution >= 4 is 29.5 Å². The second-order valence-corrected chi connectivity index (χ2v) is 6.97. The molecule has 6 heteroatoms. The van der Waals surface area contributed by atoms with Gasteiger partial charge in [-0.1, -0.05) is 12.2 Å². The van der Waals surface area contributed by atoms with Crippen LogP contribution in [0.4, 0.5) is 0 Å². The number of carbonyl (C=O) groups is 1. The van der Waals surface area contributed by atoms with Gasteiger partial charge < -0.3 is 10.3 Å². The third-order valence-corrected chi connectivity index (χ3v) is 5.44. The Morgan fingerprint density at radius 1 is 1.55 bits per heavy atom. The molecule has 3 rings (SSSR count). The molecular formula is C16H19N3OS2. The van der Waals surface area contributed by atoms with Crippen molar-refractivity contribution < 1.29 is 4.79 Å². The van der Waals surface area contributed by atoms with E-state index in [2.05, 4.69) is 33.6 Å². The van der Waals surface area contributed by atoms with Crippen molar-refractivity contribution in [2.45, 2.75) is 25.9 Å². The summed E-state index contributed by atoms with van der Waals surface area (Å²) >= 11 is 6.99. The van der Waals surface area contributed by atoms with Crippen molar-refractivity contribution in [3.8, 4) is 0 Å². The fraction of sp³-hybridized carbons (Fsp3) is 0.375. The average Bonchev–Trinajstić information content (AvgIpc) is 3.00. The predicted octanol–water partition coefficient (Wildman–Crippen LogP) is 2.98. The van der Waals surface area contributed by atoms with E-state index in [1.54, 1.807) is 18.3 Å². The predicted molar refractivity (Wildman–Crippen MR) is 91.9 cm³/mol. The summed E-state index contributed by atoms with van der Waals surface area (Å²) in [7, 11) is 0. The van der Waals surface area contributed by atoms with Crippen molar-refractivity contribution in [1.29, 1.82) is 0 Å². The number of aromatic amines is 1. The molecule has 3 heterocycles. The molecule has 0 radical (unpaired) electrons. The summed E-state index contributed by atoms with van der Waals surface area (Å²) in [5.41, 5.74) is 1.96. The molecule has 1 aliphatic rings. The topological polar surface area (TPSA) is 48.1 Å². The summed E-state index contributed by atoms with van der Waals surface area (Å²) in [6, 6.07) is 6.05. The number of H-pyrrole nitrogens is 1. The Morgan fingerprint density at radius 2 is 2.41 bits per heavy atom. The van der Waals surface area contributed by atoms with E-state index in [1.807, 2.05) is 11.3 Å². The van der Waals surface area contributed by atoms with Crippen molar-refractivity contribution in [2.24, 2.45) is 0 Å². The lowest BCUT2D eigenvalue weighted by Crippen LogP contribution is -2.44. The smallest absolute Gasteiger partial charge is 0.254 e. The minimum atomic E-state index is -0.109. The van der Waals surface area contributed by atoms with E-state index in [4.69, 9.17) is 12.2 Å². The van der Waals surface area contributed by atoms with Crippen LogP contribution < -0.4 is 5.32 Å². The molecule has 0 fully saturated rings. The number of rotatable bonds is 4. The summed E-state index contributed by atoms with van der Waals surface area (Å²) in [5, 5.41) is 5.15. The maximum absolute atomic E-state index is 12.2. The van der Waals surface area contributed by atoms with Crippen LogP contribution in [0.5, 0.6) is 0 Å². The van der Waals surface area contributed by atoms with Crippen molar-refractivity contribution in [2.75, 3.05) is 13.1 Å². The number of carbonyl (C=O) groups excluding carboxylic acids is 1. The molecule has 0 aliphatic carbocycles. The molecule has 0 saturated heterocycles. The Bertz CT molecular complexity index is 722. The lowest BCUT2D eigenvalue weighted by Gasteiger charge is -2.32. The van der Waals surface area contributed by atoms with Crippen molar-refractivity contribution in [3.63, 3.8) is 0 Å². The molecule has 0 bridgehead atoms. The molecule has 2 N–H and O–H groups in total. The van der Waals surface area contributed by atoms with Gasteiger partial charge in [0.25, 0.3) is 5.91 Å². The number of nitrogens with zero attached hydrogens (tertiary/aromatic N) is 1. The molecular weight excluding hydrogens is 314 g/mol. The van der Waals surface area contributed by atoms with Gasteiger partial charge >= 0.3 is 0 Å². The zero-order valence-corrected chi connectivity index (χ0v) is 14.1. The van der Waals surface area contributed by atoms with E-state index in [0.717, 1.165) is 19.5 Å². The SMILES string of the molecule is C[C@H](CNC(=O)c1ccc[nH]c1=S)N1CCc2sccc2C1. The van der Waals surface area contributed by atoms with Gasteiger partial charge in [-0.3, -0.25) is 9.69 Å². The van der Waals surface area contributed by atoms with Crippen LogP contribution in [0.15, 0.2) is 29.8 Å². The third-order valence-electron chi connectivity index (χ3n) is 4.08. The summed E-state index contributed by atoms with van der Waals surface area (Å²) < 4.78 is 0.480. The van der Waals surface area contributed by atoms with Crippen LogP contribution in [0, 0.1) is 4.64 Å². The zero-order valence-electron chi connectivity index (χ0n) is 12.5. The molecule has 116 valence electrons. The largest absolute Gasteiger partial charge is 0.352 e. The average molecular weight is 333 g/mol. The molecule has 0 spiro atoms. The Labute approximate surface area is 139 Å². The number of amides is 1. The van der Waals surface area contributed by atoms with Crippen LogP contribution >= 0.6 is 23.6 Å². The van der Waals surface area contributed by atoms with Crippen LogP contribution in [0.25, 0.3) is 0 Å². The Kier molecular flexibility index (Phi) is 4.71. The molecule has 0 aromatic carbocycles. The van der Waals surface area contributed by atoms with Gasteiger partial charge in [-0.05, 0) is 42.5 Å². The number of hydrogen-bond donors (Lipinski definition) is 2. The van der Waals surface area contributed by atoms with E-state index in [1.165, 1.54) is 10.4 Å². The normalized spacial score (nSPS) is 16.0. The molecule has 2 aromatic rings. The Morgan fingerprint density at radius 3 is 3.23 bits per heavy atom. The van der Waals surface area contributed by atoms with E-state index >= 15 is 0 Å². The molecule has 0 saturated carbocycles. The molecule has 22 heavy (non-hydrogen) atoms. The number of pyridine rings is 1. The van der Waals surface area contributed by atoms with Gasteiger partial charge in [0.2, 0.25) is 0 Å². The summed E-state index contributed by atoms with van der Waals surface area (Å²) in [4.78, 5) is 19.0. The van der Waals surface area contributed by atoms with Gasteiger partial charge in [0.1, 0.15) is 4.64 Å². The number of nitrogens with one attached hydrogen (secondary N) is 2. The highest BCUT2D eigenvalue weighted by atomic mass is 32.1. The minimum absolute atomic E-state index is 0.109. The fourth-order valence-corrected chi connectivity index (χ4v) is 3.83. The number of aromatic nitrogens is 1. The van der Waals surface area contributed by atoms with E-state index in [-0.39, 0.29) is 5.91 Å². The maximum atomic E-state index is 12.2. The van der Waals surface area contributed by atoms with Crippen LogP contribution in [-0.4, -0.2) is 34.9 Å². The quantitative estimate of drug-likeness (QED) is 0.846. The highest BCUT2D eigenvalue weighted by molar-refractivity contribution is 7.71. The molecule has 2 aromatic heterocycles. The first kappa shape index (κ1) is 15.4. The van der Waals surface area contributed by atoms with Crippen molar-refractivity contribution in [3.05, 3.63) is 50.4 Å². The van der Waals surface area contributed by atoms with Gasteiger partial charge in [0.05, 0.1) is 5.56 Å². The van der Waals surface area contributed by atoms with Crippen molar-refractivity contribution in [1.82, 2.24) is 15.2 Å². The van der Waals surface area contributed by atoms with E-state index in [0.29, 0.717) is 22.8 Å². The third kappa shape index (κ3) is 3.29. The lowest BCUT2D eigenvalue weighted by atomic mass is 10.1. The minimum Gasteiger partial charge on any atom is -0.352 e. The molecule has 4 nitrogen and oxygen atoms in total. The van der Waals surface area contributed by atoms with Crippen LogP contribution in [-0.2, 0) is 13.0 Å². The summed E-state index contributed by atoms with van der Waals surface area (Å²) in [6.45, 7) is 4.81. The fourth-order valence-electron chi connectivity index (χ4n) is 2.71. The van der Waals surface area contributed by atoms with E-state index in [9.17, 15) is 4.79 Å². The zero-order chi connectivity index (χ0) is 15.5. The highest BCUT2D eigenvalue weighted by Gasteiger charge is 2.21. The second-order valence-electron chi connectivity index (χ2n) is 5.56. The van der Waals surface area contributed by atoms with E-state index < -0.39 is 0 Å². The second kappa shape index (κ2) is 6.73. The highest BCUT2D eigenvalue weighted by Crippen LogP contribution is 2.24. The van der Waals surface area contributed by atoms with Crippen LogP contribution in [0.3, 0.4) is 0 Å². The van der Waals surface area contributed by atoms with Gasteiger partial charge in [0, 0.05) is 36.8 Å². The van der Waals surface area contributed by atoms with Gasteiger partial charge in [-0.15, -0.1) is 11.3 Å². The van der Waals surface area contributed by atoms with Gasteiger partial charge in [-0.25, -0.2) is 0 Å². The molecule has 1 atom stereocenters. The first-order valence-electron chi connectivity index (χ1n) is 7.40. The first-order chi connectivity index (χ1) is 10.6. The molecule has 1 aliphatic heterocycles. The van der Waals surface area contributed by atoms with Crippen LogP contribution in [0.2, 0.25) is 0 Å². The van der Waals surface area contributed by atoms with Gasteiger partial charge in [-0.2, -0.15) is 0 Å². The monoisotopic (exact) mass is 333 g/mol. The summed E-state index contributed by atoms with van der Waals surface area (Å²) in [6.07, 6.45) is 2.84. The lowest BCUT2D eigenvalue weighted by molar-refractivity contribution is 0.0932. The van der Waals surface area contributed by atoms with Crippen LogP contribution in [0.1, 0.15) is 27.7 Å². The van der Waals surface area contributed by atoms with Gasteiger partial charge in [0.15, 0.2) is 0 Å². The Hall–Kier alpha value is -1.50. The molecule has 0 unspecified atom stereocenters. The number of fused-ring (bicyclic) bond motifs is 1. The first-order valence-corrected chi connectivity index (χ1v) is 8.69. The number of hydrogen-bond acceptors (Lipinski definition) is 4. The molecule has 1 amide bonds. The Balaban J connectivity index is 1.57.